The van der Waals surface area contributed by atoms with Gasteiger partial charge < -0.3 is 5.11 Å². The highest BCUT2D eigenvalue weighted by Crippen LogP contribution is 2.62. The molecule has 16 heavy (non-hydrogen) atoms. The topological polar surface area (TPSA) is 44.0 Å². The van der Waals surface area contributed by atoms with E-state index in [0.717, 1.165) is 12.8 Å². The minimum Gasteiger partial charge on any atom is -0.388 e. The highest BCUT2D eigenvalue weighted by molar-refractivity contribution is 5.20. The molecule has 1 N–H and O–H groups in total. The molecule has 2 aliphatic rings. The summed E-state index contributed by atoms with van der Waals surface area (Å²) >= 11 is 0. The summed E-state index contributed by atoms with van der Waals surface area (Å²) in [5.41, 5.74) is -1.25. The highest BCUT2D eigenvalue weighted by Gasteiger charge is 2.62. The quantitative estimate of drug-likeness (QED) is 0.795. The number of aliphatic hydroxyl groups is 1. The number of hydrogen-bond donors (Lipinski definition) is 1. The summed E-state index contributed by atoms with van der Waals surface area (Å²) in [5, 5.41) is 20.6. The van der Waals surface area contributed by atoms with Gasteiger partial charge in [-0.3, -0.25) is 0 Å². The average Bonchev–Trinajstić information content (AvgIpc) is 2.87. The fourth-order valence-corrected chi connectivity index (χ4v) is 4.33. The van der Waals surface area contributed by atoms with Crippen molar-refractivity contribution >= 4 is 0 Å². The number of rotatable bonds is 3. The van der Waals surface area contributed by atoms with E-state index in [1.54, 1.807) is 0 Å². The largest absolute Gasteiger partial charge is 0.388 e. The number of fused-ring (bicyclic) bond motifs is 2. The Morgan fingerprint density at radius 3 is 2.50 bits per heavy atom. The molecule has 0 aliphatic heterocycles. The second-order valence-electron chi connectivity index (χ2n) is 6.10. The van der Waals surface area contributed by atoms with Crippen LogP contribution in [0.5, 0.6) is 0 Å². The van der Waals surface area contributed by atoms with Gasteiger partial charge >= 0.3 is 0 Å². The van der Waals surface area contributed by atoms with Crippen LogP contribution in [0, 0.1) is 34.5 Å². The van der Waals surface area contributed by atoms with Gasteiger partial charge in [-0.25, -0.2) is 0 Å². The lowest BCUT2D eigenvalue weighted by Crippen LogP contribution is -2.53. The molecule has 2 nitrogen and oxygen atoms in total. The zero-order chi connectivity index (χ0) is 12.0. The molecule has 0 amide bonds. The van der Waals surface area contributed by atoms with Gasteiger partial charge in [0, 0.05) is 0 Å². The summed E-state index contributed by atoms with van der Waals surface area (Å²) in [7, 11) is 0. The molecule has 0 aromatic carbocycles. The highest BCUT2D eigenvalue weighted by atomic mass is 16.3. The van der Waals surface area contributed by atoms with E-state index in [9.17, 15) is 10.4 Å². The molecule has 4 atom stereocenters. The fraction of sp³-hybridized carbons (Fsp3) is 0.929. The van der Waals surface area contributed by atoms with Crippen molar-refractivity contribution in [3.05, 3.63) is 0 Å². The molecule has 2 aliphatic carbocycles. The van der Waals surface area contributed by atoms with Crippen LogP contribution in [0.15, 0.2) is 0 Å². The minimum absolute atomic E-state index is 0.163. The van der Waals surface area contributed by atoms with Crippen LogP contribution in [-0.2, 0) is 0 Å². The molecule has 0 saturated heterocycles. The summed E-state index contributed by atoms with van der Waals surface area (Å²) in [5.74, 6) is 1.30. The third-order valence-corrected chi connectivity index (χ3v) is 5.31. The van der Waals surface area contributed by atoms with Crippen LogP contribution in [0.1, 0.15) is 52.9 Å². The SMILES string of the molecule is CCC(O)(C(C)C)C1(C#N)CC2CCC1C2. The molecule has 2 heteroatoms. The normalized spacial score (nSPS) is 41.0. The predicted molar refractivity (Wildman–Crippen MR) is 63.6 cm³/mol. The van der Waals surface area contributed by atoms with Crippen molar-refractivity contribution in [3.8, 4) is 6.07 Å². The van der Waals surface area contributed by atoms with Crippen molar-refractivity contribution in [2.75, 3.05) is 0 Å². The maximum atomic E-state index is 10.9. The van der Waals surface area contributed by atoms with Gasteiger partial charge in [0.05, 0.1) is 17.1 Å². The Hall–Kier alpha value is -0.550. The molecule has 4 unspecified atom stereocenters. The Morgan fingerprint density at radius 1 is 1.50 bits per heavy atom. The van der Waals surface area contributed by atoms with Crippen molar-refractivity contribution in [2.24, 2.45) is 23.2 Å². The Kier molecular flexibility index (Phi) is 2.78. The lowest BCUT2D eigenvalue weighted by Gasteiger charge is -2.47. The van der Waals surface area contributed by atoms with Gasteiger partial charge in [-0.05, 0) is 43.4 Å². The van der Waals surface area contributed by atoms with Gasteiger partial charge in [-0.1, -0.05) is 27.2 Å². The van der Waals surface area contributed by atoms with E-state index in [1.165, 1.54) is 12.8 Å². The monoisotopic (exact) mass is 221 g/mol. The molecule has 2 saturated carbocycles. The lowest BCUT2D eigenvalue weighted by molar-refractivity contribution is -0.117. The first-order valence-corrected chi connectivity index (χ1v) is 6.63. The first-order valence-electron chi connectivity index (χ1n) is 6.63. The van der Waals surface area contributed by atoms with Crippen molar-refractivity contribution < 1.29 is 5.11 Å². The van der Waals surface area contributed by atoms with Gasteiger partial charge in [0.2, 0.25) is 0 Å². The van der Waals surface area contributed by atoms with Crippen LogP contribution in [-0.4, -0.2) is 10.7 Å². The Morgan fingerprint density at radius 2 is 2.19 bits per heavy atom. The van der Waals surface area contributed by atoms with Gasteiger partial charge in [0.15, 0.2) is 0 Å². The Bertz CT molecular complexity index is 319. The van der Waals surface area contributed by atoms with Gasteiger partial charge in [-0.15, -0.1) is 0 Å². The Labute approximate surface area is 98.7 Å². The molecule has 90 valence electrons. The van der Waals surface area contributed by atoms with Gasteiger partial charge in [0.25, 0.3) is 0 Å². The average molecular weight is 221 g/mol. The summed E-state index contributed by atoms with van der Waals surface area (Å²) in [6.45, 7) is 6.12. The zero-order valence-corrected chi connectivity index (χ0v) is 10.7. The second-order valence-corrected chi connectivity index (χ2v) is 6.10. The molecule has 2 bridgehead atoms. The molecule has 2 fully saturated rings. The zero-order valence-electron chi connectivity index (χ0n) is 10.7. The van der Waals surface area contributed by atoms with Crippen LogP contribution in [0.25, 0.3) is 0 Å². The van der Waals surface area contributed by atoms with Gasteiger partial charge in [0.1, 0.15) is 0 Å². The van der Waals surface area contributed by atoms with Crippen LogP contribution in [0.3, 0.4) is 0 Å². The van der Waals surface area contributed by atoms with Crippen LogP contribution in [0.4, 0.5) is 0 Å². The predicted octanol–water partition coefficient (Wildman–Crippen LogP) is 3.11. The molecule has 0 spiro atoms. The van der Waals surface area contributed by atoms with E-state index >= 15 is 0 Å². The first kappa shape index (κ1) is 11.9. The van der Waals surface area contributed by atoms with E-state index in [0.29, 0.717) is 18.3 Å². The summed E-state index contributed by atoms with van der Waals surface area (Å²) < 4.78 is 0. The smallest absolute Gasteiger partial charge is 0.0893 e. The van der Waals surface area contributed by atoms with E-state index in [-0.39, 0.29) is 5.92 Å². The number of hydrogen-bond acceptors (Lipinski definition) is 2. The molecule has 0 heterocycles. The van der Waals surface area contributed by atoms with Crippen LogP contribution >= 0.6 is 0 Å². The Balaban J connectivity index is 2.39. The molecular formula is C14H23NO. The van der Waals surface area contributed by atoms with E-state index in [1.807, 2.05) is 6.92 Å². The van der Waals surface area contributed by atoms with Crippen LogP contribution < -0.4 is 0 Å². The van der Waals surface area contributed by atoms with Crippen molar-refractivity contribution in [2.45, 2.75) is 58.5 Å². The minimum atomic E-state index is -0.790. The molecule has 2 rings (SSSR count). The second kappa shape index (κ2) is 3.74. The standard InChI is InChI=1S/C14H23NO/c1-4-14(16,10(2)3)13(9-15)8-11-5-6-12(13)7-11/h10-12,16H,4-8H2,1-3H3. The van der Waals surface area contributed by atoms with E-state index in [4.69, 9.17) is 0 Å². The third-order valence-electron chi connectivity index (χ3n) is 5.31. The van der Waals surface area contributed by atoms with Crippen molar-refractivity contribution in [1.29, 1.82) is 5.26 Å². The van der Waals surface area contributed by atoms with E-state index in [2.05, 4.69) is 19.9 Å². The molecule has 0 aromatic rings. The van der Waals surface area contributed by atoms with Crippen molar-refractivity contribution in [3.63, 3.8) is 0 Å². The van der Waals surface area contributed by atoms with Crippen molar-refractivity contribution in [1.82, 2.24) is 0 Å². The maximum absolute atomic E-state index is 10.9. The molecule has 0 aromatic heterocycles. The number of nitrogens with zero attached hydrogens (tertiary/aromatic N) is 1. The summed E-state index contributed by atoms with van der Waals surface area (Å²) in [6.07, 6.45) is 5.21. The maximum Gasteiger partial charge on any atom is 0.0893 e. The fourth-order valence-electron chi connectivity index (χ4n) is 4.33. The van der Waals surface area contributed by atoms with E-state index < -0.39 is 11.0 Å². The molecule has 0 radical (unpaired) electrons. The van der Waals surface area contributed by atoms with Crippen LogP contribution in [0.2, 0.25) is 0 Å². The summed E-state index contributed by atoms with van der Waals surface area (Å²) in [6, 6.07) is 2.53. The summed E-state index contributed by atoms with van der Waals surface area (Å²) in [4.78, 5) is 0. The van der Waals surface area contributed by atoms with Gasteiger partial charge in [-0.2, -0.15) is 5.26 Å². The molecular weight excluding hydrogens is 198 g/mol. The lowest BCUT2D eigenvalue weighted by atomic mass is 9.58. The first-order chi connectivity index (χ1) is 7.50. The third kappa shape index (κ3) is 1.27. The number of nitriles is 1.